The second-order valence-electron chi connectivity index (χ2n) is 6.89. The van der Waals surface area contributed by atoms with Crippen molar-refractivity contribution >= 4 is 39.2 Å². The molecule has 2 aromatic carbocycles. The molecule has 0 bridgehead atoms. The summed E-state index contributed by atoms with van der Waals surface area (Å²) in [7, 11) is -3.93. The van der Waals surface area contributed by atoms with Crippen molar-refractivity contribution in [3.63, 3.8) is 0 Å². The summed E-state index contributed by atoms with van der Waals surface area (Å²) < 4.78 is 37.4. The predicted molar refractivity (Wildman–Crippen MR) is 116 cm³/mol. The molecule has 1 heterocycles. The number of carbonyl (C=O) groups excluding carboxylic acids is 2. The van der Waals surface area contributed by atoms with Crippen LogP contribution in [-0.4, -0.2) is 57.0 Å². The fourth-order valence-electron chi connectivity index (χ4n) is 2.95. The Labute approximate surface area is 190 Å². The van der Waals surface area contributed by atoms with Crippen LogP contribution in [0.25, 0.3) is 0 Å². The van der Waals surface area contributed by atoms with Crippen molar-refractivity contribution in [3.8, 4) is 6.07 Å². The Morgan fingerprint density at radius 2 is 1.94 bits per heavy atom. The Balaban J connectivity index is 1.72. The largest absolute Gasteiger partial charge is 0.449 e. The van der Waals surface area contributed by atoms with Crippen LogP contribution in [0.3, 0.4) is 0 Å². The topological polar surface area (TPSA) is 126 Å². The summed E-state index contributed by atoms with van der Waals surface area (Å²) in [4.78, 5) is 24.7. The first kappa shape index (κ1) is 23.7. The van der Waals surface area contributed by atoms with E-state index in [9.17, 15) is 18.0 Å². The summed E-state index contributed by atoms with van der Waals surface area (Å²) in [6, 6.07) is 12.0. The summed E-state index contributed by atoms with van der Waals surface area (Å²) in [6.45, 7) is 2.27. The van der Waals surface area contributed by atoms with Crippen molar-refractivity contribution in [2.45, 2.75) is 17.9 Å². The van der Waals surface area contributed by atoms with Gasteiger partial charge in [0.15, 0.2) is 6.10 Å². The van der Waals surface area contributed by atoms with E-state index in [4.69, 9.17) is 26.3 Å². The SMILES string of the molecule is CC(OC(=O)c1ccc(Cl)c(S(=O)(=O)N2CCOCC2)c1)C(=O)Nc1cccc(C#N)c1. The molecule has 0 radical (unpaired) electrons. The van der Waals surface area contributed by atoms with E-state index in [1.165, 1.54) is 29.4 Å². The standard InChI is InChI=1S/C21H20ClN3O6S/c1-14(20(26)24-17-4-2-3-15(11-17)13-23)31-21(27)16-5-6-18(22)19(12-16)32(28,29)25-7-9-30-10-8-25/h2-6,11-12,14H,7-10H2,1H3,(H,24,26). The number of morpholine rings is 1. The number of carbonyl (C=O) groups is 2. The van der Waals surface area contributed by atoms with E-state index in [1.807, 2.05) is 6.07 Å². The van der Waals surface area contributed by atoms with Crippen LogP contribution in [0.5, 0.6) is 0 Å². The Hall–Kier alpha value is -2.97. The summed E-state index contributed by atoms with van der Waals surface area (Å²) in [5, 5.41) is 11.5. The summed E-state index contributed by atoms with van der Waals surface area (Å²) in [6.07, 6.45) is -1.18. The van der Waals surface area contributed by atoms with E-state index < -0.39 is 28.0 Å². The minimum atomic E-state index is -3.93. The zero-order chi connectivity index (χ0) is 23.3. The molecule has 1 saturated heterocycles. The molecule has 2 aromatic rings. The minimum absolute atomic E-state index is 0.0313. The lowest BCUT2D eigenvalue weighted by Crippen LogP contribution is -2.40. The number of rotatable bonds is 6. The highest BCUT2D eigenvalue weighted by molar-refractivity contribution is 7.89. The van der Waals surface area contributed by atoms with Gasteiger partial charge in [0.1, 0.15) is 4.90 Å². The van der Waals surface area contributed by atoms with Crippen molar-refractivity contribution in [1.29, 1.82) is 5.26 Å². The average molecular weight is 478 g/mol. The maximum atomic E-state index is 12.9. The first-order valence-electron chi connectivity index (χ1n) is 9.62. The number of esters is 1. The smallest absolute Gasteiger partial charge is 0.338 e. The van der Waals surface area contributed by atoms with Gasteiger partial charge in [0.05, 0.1) is 35.4 Å². The van der Waals surface area contributed by atoms with Gasteiger partial charge < -0.3 is 14.8 Å². The van der Waals surface area contributed by atoms with Gasteiger partial charge in [0, 0.05) is 18.8 Å². The van der Waals surface area contributed by atoms with Crippen molar-refractivity contribution in [2.75, 3.05) is 31.6 Å². The number of nitrogens with one attached hydrogen (secondary N) is 1. The molecule has 9 nitrogen and oxygen atoms in total. The molecule has 0 aliphatic carbocycles. The van der Waals surface area contributed by atoms with Crippen LogP contribution in [0.4, 0.5) is 5.69 Å². The molecule has 1 unspecified atom stereocenters. The number of hydrogen-bond acceptors (Lipinski definition) is 7. The van der Waals surface area contributed by atoms with E-state index in [-0.39, 0.29) is 41.8 Å². The van der Waals surface area contributed by atoms with Crippen LogP contribution >= 0.6 is 11.6 Å². The zero-order valence-electron chi connectivity index (χ0n) is 17.1. The number of anilines is 1. The number of halogens is 1. The van der Waals surface area contributed by atoms with Crippen molar-refractivity contribution in [2.24, 2.45) is 0 Å². The van der Waals surface area contributed by atoms with Gasteiger partial charge in [-0.15, -0.1) is 0 Å². The number of nitrogens with zero attached hydrogens (tertiary/aromatic N) is 2. The first-order valence-corrected chi connectivity index (χ1v) is 11.4. The third kappa shape index (κ3) is 5.44. The van der Waals surface area contributed by atoms with Gasteiger partial charge >= 0.3 is 5.97 Å². The fraction of sp³-hybridized carbons (Fsp3) is 0.286. The molecule has 1 aliphatic rings. The Morgan fingerprint density at radius 1 is 1.22 bits per heavy atom. The Bertz CT molecular complexity index is 1170. The van der Waals surface area contributed by atoms with Crippen molar-refractivity contribution < 1.29 is 27.5 Å². The second kappa shape index (κ2) is 10.1. The minimum Gasteiger partial charge on any atom is -0.449 e. The average Bonchev–Trinajstić information content (AvgIpc) is 2.79. The maximum Gasteiger partial charge on any atom is 0.338 e. The van der Waals surface area contributed by atoms with Crippen LogP contribution in [0, 0.1) is 11.3 Å². The molecule has 11 heteroatoms. The molecular formula is C21H20ClN3O6S. The van der Waals surface area contributed by atoms with Gasteiger partial charge in [-0.1, -0.05) is 17.7 Å². The molecule has 168 valence electrons. The summed E-state index contributed by atoms with van der Waals surface area (Å²) in [5.41, 5.74) is 0.678. The molecule has 1 aliphatic heterocycles. The predicted octanol–water partition coefficient (Wildman–Crippen LogP) is 2.42. The molecule has 1 atom stereocenters. The van der Waals surface area contributed by atoms with Crippen LogP contribution in [0.2, 0.25) is 5.02 Å². The molecule has 1 fully saturated rings. The monoisotopic (exact) mass is 477 g/mol. The number of ether oxygens (including phenoxy) is 2. The highest BCUT2D eigenvalue weighted by atomic mass is 35.5. The fourth-order valence-corrected chi connectivity index (χ4v) is 4.85. The number of sulfonamides is 1. The first-order chi connectivity index (χ1) is 15.2. The summed E-state index contributed by atoms with van der Waals surface area (Å²) >= 11 is 6.10. The van der Waals surface area contributed by atoms with Gasteiger partial charge in [0.25, 0.3) is 5.91 Å². The molecule has 32 heavy (non-hydrogen) atoms. The molecule has 3 rings (SSSR count). The lowest BCUT2D eigenvalue weighted by atomic mass is 10.2. The van der Waals surface area contributed by atoms with Crippen LogP contribution in [0.1, 0.15) is 22.8 Å². The highest BCUT2D eigenvalue weighted by Gasteiger charge is 2.29. The van der Waals surface area contributed by atoms with Crippen LogP contribution in [-0.2, 0) is 24.3 Å². The van der Waals surface area contributed by atoms with E-state index >= 15 is 0 Å². The van der Waals surface area contributed by atoms with E-state index in [1.54, 1.807) is 18.2 Å². The van der Waals surface area contributed by atoms with Gasteiger partial charge in [-0.2, -0.15) is 9.57 Å². The van der Waals surface area contributed by atoms with E-state index in [2.05, 4.69) is 5.32 Å². The van der Waals surface area contributed by atoms with Gasteiger partial charge in [-0.3, -0.25) is 4.79 Å². The van der Waals surface area contributed by atoms with Crippen molar-refractivity contribution in [1.82, 2.24) is 4.31 Å². The van der Waals surface area contributed by atoms with E-state index in [0.29, 0.717) is 11.3 Å². The lowest BCUT2D eigenvalue weighted by Gasteiger charge is -2.26. The number of hydrogen-bond donors (Lipinski definition) is 1. The zero-order valence-corrected chi connectivity index (χ0v) is 18.6. The second-order valence-corrected chi connectivity index (χ2v) is 9.20. The molecule has 0 saturated carbocycles. The van der Waals surface area contributed by atoms with E-state index in [0.717, 1.165) is 6.07 Å². The third-order valence-corrected chi connectivity index (χ3v) is 7.05. The summed E-state index contributed by atoms with van der Waals surface area (Å²) in [5.74, 6) is -1.49. The highest BCUT2D eigenvalue weighted by Crippen LogP contribution is 2.27. The Kier molecular flexibility index (Phi) is 7.48. The van der Waals surface area contributed by atoms with Gasteiger partial charge in [0.2, 0.25) is 10.0 Å². The quantitative estimate of drug-likeness (QED) is 0.633. The molecule has 0 aromatic heterocycles. The van der Waals surface area contributed by atoms with Gasteiger partial charge in [-0.25, -0.2) is 13.2 Å². The number of nitriles is 1. The van der Waals surface area contributed by atoms with Crippen LogP contribution in [0.15, 0.2) is 47.4 Å². The normalized spacial score (nSPS) is 15.4. The van der Waals surface area contributed by atoms with Crippen LogP contribution < -0.4 is 5.32 Å². The third-order valence-electron chi connectivity index (χ3n) is 4.67. The maximum absolute atomic E-state index is 12.9. The molecule has 1 amide bonds. The molecule has 1 N–H and O–H groups in total. The lowest BCUT2D eigenvalue weighted by molar-refractivity contribution is -0.123. The molecule has 0 spiro atoms. The van der Waals surface area contributed by atoms with Gasteiger partial charge in [-0.05, 0) is 43.3 Å². The molecular weight excluding hydrogens is 458 g/mol. The number of benzene rings is 2. The number of amides is 1. The van der Waals surface area contributed by atoms with Crippen molar-refractivity contribution in [3.05, 3.63) is 58.6 Å². The Morgan fingerprint density at radius 3 is 2.62 bits per heavy atom.